The highest BCUT2D eigenvalue weighted by molar-refractivity contribution is 7.13. The Morgan fingerprint density at radius 2 is 1.79 bits per heavy atom. The molecule has 0 bridgehead atoms. The van der Waals surface area contributed by atoms with E-state index < -0.39 is 11.8 Å². The maximum Gasteiger partial charge on any atom is 0.267 e. The number of anilines is 2. The number of carbonyl (C=O) groups is 2. The lowest BCUT2D eigenvalue weighted by Gasteiger charge is -2.12. The molecular formula is C19H15Cl3N4O2S. The van der Waals surface area contributed by atoms with E-state index in [9.17, 15) is 9.59 Å². The van der Waals surface area contributed by atoms with Crippen LogP contribution in [0.4, 0.5) is 11.5 Å². The molecule has 29 heavy (non-hydrogen) atoms. The number of halogens is 3. The Morgan fingerprint density at radius 1 is 1.03 bits per heavy atom. The Kier molecular flexibility index (Phi) is 7.10. The molecule has 0 fully saturated rings. The van der Waals surface area contributed by atoms with Gasteiger partial charge in [-0.25, -0.2) is 4.98 Å². The van der Waals surface area contributed by atoms with Gasteiger partial charge in [0.25, 0.3) is 11.8 Å². The number of amides is 2. The number of benzene rings is 1. The molecule has 0 radical (unpaired) electrons. The number of hydrogen-bond donors (Lipinski definition) is 3. The first-order valence-corrected chi connectivity index (χ1v) is 10.3. The van der Waals surface area contributed by atoms with Crippen molar-refractivity contribution >= 4 is 69.5 Å². The van der Waals surface area contributed by atoms with Crippen LogP contribution in [-0.4, -0.2) is 23.8 Å². The minimum atomic E-state index is -0.481. The highest BCUT2D eigenvalue weighted by Gasteiger charge is 2.20. The topological polar surface area (TPSA) is 83.1 Å². The molecule has 10 heteroatoms. The molecule has 3 aromatic rings. The Bertz CT molecular complexity index is 1050. The molecule has 6 nitrogen and oxygen atoms in total. The summed E-state index contributed by atoms with van der Waals surface area (Å²) < 4.78 is 0. The molecule has 0 aliphatic heterocycles. The first-order valence-electron chi connectivity index (χ1n) is 8.33. The van der Waals surface area contributed by atoms with Gasteiger partial charge in [0.15, 0.2) is 0 Å². The summed E-state index contributed by atoms with van der Waals surface area (Å²) in [6, 6.07) is 7.77. The van der Waals surface area contributed by atoms with Gasteiger partial charge < -0.3 is 16.0 Å². The third kappa shape index (κ3) is 5.26. The van der Waals surface area contributed by atoms with E-state index in [1.165, 1.54) is 23.6 Å². The molecule has 0 spiro atoms. The van der Waals surface area contributed by atoms with Gasteiger partial charge in [0, 0.05) is 17.8 Å². The predicted molar refractivity (Wildman–Crippen MR) is 119 cm³/mol. The molecule has 150 valence electrons. The van der Waals surface area contributed by atoms with Crippen molar-refractivity contribution in [2.75, 3.05) is 17.7 Å². The SMILES string of the molecule is CNCc1csc(C(=O)Nc2ccc(Cl)cc2C(=O)Nc2ccc(Cl)cn2)c1Cl. The minimum Gasteiger partial charge on any atom is -0.320 e. The van der Waals surface area contributed by atoms with E-state index in [4.69, 9.17) is 34.8 Å². The number of rotatable bonds is 6. The molecule has 0 aliphatic carbocycles. The van der Waals surface area contributed by atoms with E-state index in [0.717, 1.165) is 5.56 Å². The van der Waals surface area contributed by atoms with Crippen molar-refractivity contribution in [3.63, 3.8) is 0 Å². The number of aromatic nitrogens is 1. The second-order valence-electron chi connectivity index (χ2n) is 5.89. The zero-order valence-corrected chi connectivity index (χ0v) is 18.1. The molecule has 0 saturated carbocycles. The average Bonchev–Trinajstić information content (AvgIpc) is 3.06. The van der Waals surface area contributed by atoms with Gasteiger partial charge in [0.05, 0.1) is 21.3 Å². The van der Waals surface area contributed by atoms with Crippen LogP contribution in [0.25, 0.3) is 0 Å². The quantitative estimate of drug-likeness (QED) is 0.456. The summed E-state index contributed by atoms with van der Waals surface area (Å²) in [4.78, 5) is 29.8. The summed E-state index contributed by atoms with van der Waals surface area (Å²) in [5.74, 6) is -0.580. The van der Waals surface area contributed by atoms with Gasteiger partial charge in [-0.2, -0.15) is 0 Å². The number of nitrogens with one attached hydrogen (secondary N) is 3. The molecule has 0 saturated heterocycles. The summed E-state index contributed by atoms with van der Waals surface area (Å²) in [7, 11) is 1.79. The van der Waals surface area contributed by atoms with Crippen molar-refractivity contribution in [1.82, 2.24) is 10.3 Å². The smallest absolute Gasteiger partial charge is 0.267 e. The number of carbonyl (C=O) groups excluding carboxylic acids is 2. The fourth-order valence-electron chi connectivity index (χ4n) is 2.47. The summed E-state index contributed by atoms with van der Waals surface area (Å²) >= 11 is 19.4. The van der Waals surface area contributed by atoms with Crippen LogP contribution in [0.3, 0.4) is 0 Å². The number of thiophene rings is 1. The van der Waals surface area contributed by atoms with Crippen LogP contribution in [0.2, 0.25) is 15.1 Å². The third-order valence-corrected chi connectivity index (χ3v) is 5.85. The second kappa shape index (κ2) is 9.56. The van der Waals surface area contributed by atoms with Crippen molar-refractivity contribution in [3.05, 3.63) is 73.0 Å². The van der Waals surface area contributed by atoms with Crippen LogP contribution in [0.1, 0.15) is 25.6 Å². The Labute approximate surface area is 186 Å². The van der Waals surface area contributed by atoms with Crippen LogP contribution in [0, 0.1) is 0 Å². The van der Waals surface area contributed by atoms with Crippen molar-refractivity contribution in [2.45, 2.75) is 6.54 Å². The van der Waals surface area contributed by atoms with Crippen molar-refractivity contribution in [1.29, 1.82) is 0 Å². The van der Waals surface area contributed by atoms with E-state index in [0.29, 0.717) is 38.0 Å². The van der Waals surface area contributed by atoms with Crippen LogP contribution < -0.4 is 16.0 Å². The van der Waals surface area contributed by atoms with Crippen LogP contribution in [0.15, 0.2) is 41.9 Å². The molecule has 3 N–H and O–H groups in total. The van der Waals surface area contributed by atoms with Crippen LogP contribution in [-0.2, 0) is 6.54 Å². The standard InChI is InChI=1S/C19H15Cl3N4O2S/c1-23-7-10-9-29-17(16(10)22)19(28)25-14-4-2-11(20)6-13(14)18(27)26-15-5-3-12(21)8-24-15/h2-6,8-9,23H,7H2,1H3,(H,25,28)(H,24,26,27). The minimum absolute atomic E-state index is 0.186. The average molecular weight is 470 g/mol. The molecular weight excluding hydrogens is 455 g/mol. The zero-order valence-electron chi connectivity index (χ0n) is 15.1. The Hall–Kier alpha value is -2.16. The van der Waals surface area contributed by atoms with Crippen LogP contribution >= 0.6 is 46.1 Å². The highest BCUT2D eigenvalue weighted by Crippen LogP contribution is 2.30. The molecule has 0 aliphatic rings. The summed E-state index contributed by atoms with van der Waals surface area (Å²) in [6.45, 7) is 0.547. The van der Waals surface area contributed by atoms with Crippen molar-refractivity contribution in [3.8, 4) is 0 Å². The second-order valence-corrected chi connectivity index (χ2v) is 8.02. The Morgan fingerprint density at radius 3 is 2.48 bits per heavy atom. The first-order chi connectivity index (χ1) is 13.9. The van der Waals surface area contributed by atoms with Crippen molar-refractivity contribution in [2.24, 2.45) is 0 Å². The van der Waals surface area contributed by atoms with E-state index in [1.54, 1.807) is 31.3 Å². The summed E-state index contributed by atoms with van der Waals surface area (Å²) in [5, 5.41) is 11.4. The maximum atomic E-state index is 12.7. The van der Waals surface area contributed by atoms with Crippen LogP contribution in [0.5, 0.6) is 0 Å². The fourth-order valence-corrected chi connectivity index (χ4v) is 4.01. The fraction of sp³-hybridized carbons (Fsp3) is 0.105. The van der Waals surface area contributed by atoms with E-state index >= 15 is 0 Å². The highest BCUT2D eigenvalue weighted by atomic mass is 35.5. The van der Waals surface area contributed by atoms with Gasteiger partial charge in [0.1, 0.15) is 10.7 Å². The molecule has 0 unspecified atom stereocenters. The number of hydrogen-bond acceptors (Lipinski definition) is 5. The Balaban J connectivity index is 1.83. The number of pyridine rings is 1. The molecule has 1 aromatic carbocycles. The molecule has 0 atom stereocenters. The lowest BCUT2D eigenvalue weighted by atomic mass is 10.1. The monoisotopic (exact) mass is 468 g/mol. The van der Waals surface area contributed by atoms with Crippen molar-refractivity contribution < 1.29 is 9.59 Å². The van der Waals surface area contributed by atoms with Gasteiger partial charge in [-0.3, -0.25) is 9.59 Å². The molecule has 2 amide bonds. The van der Waals surface area contributed by atoms with Gasteiger partial charge in [-0.1, -0.05) is 34.8 Å². The first kappa shape index (κ1) is 21.5. The normalized spacial score (nSPS) is 10.6. The van der Waals surface area contributed by atoms with Gasteiger partial charge in [0.2, 0.25) is 0 Å². The third-order valence-electron chi connectivity index (χ3n) is 3.82. The van der Waals surface area contributed by atoms with E-state index in [-0.39, 0.29) is 5.56 Å². The summed E-state index contributed by atoms with van der Waals surface area (Å²) in [6.07, 6.45) is 1.42. The largest absolute Gasteiger partial charge is 0.320 e. The van der Waals surface area contributed by atoms with Gasteiger partial charge in [-0.15, -0.1) is 11.3 Å². The van der Waals surface area contributed by atoms with Gasteiger partial charge in [-0.05, 0) is 48.3 Å². The zero-order chi connectivity index (χ0) is 21.0. The number of nitrogens with zero attached hydrogens (tertiary/aromatic N) is 1. The lowest BCUT2D eigenvalue weighted by molar-refractivity contribution is 0.102. The lowest BCUT2D eigenvalue weighted by Crippen LogP contribution is -2.18. The molecule has 3 rings (SSSR count). The predicted octanol–water partition coefficient (Wildman–Crippen LogP) is 5.33. The van der Waals surface area contributed by atoms with E-state index in [2.05, 4.69) is 20.9 Å². The molecule has 2 heterocycles. The maximum absolute atomic E-state index is 12.7. The summed E-state index contributed by atoms with van der Waals surface area (Å²) in [5.41, 5.74) is 1.31. The van der Waals surface area contributed by atoms with Gasteiger partial charge >= 0.3 is 0 Å². The molecule has 2 aromatic heterocycles. The van der Waals surface area contributed by atoms with E-state index in [1.807, 2.05) is 5.38 Å².